The molecule has 1 unspecified atom stereocenters. The van der Waals surface area contributed by atoms with Gasteiger partial charge in [0.2, 0.25) is 5.91 Å². The molecule has 0 aromatic carbocycles. The number of halogens is 1. The number of carbonyl (C=O) groups excluding carboxylic acids is 2. The summed E-state index contributed by atoms with van der Waals surface area (Å²) in [5.74, 6) is -0.363. The predicted octanol–water partition coefficient (Wildman–Crippen LogP) is 1.09. The van der Waals surface area contributed by atoms with Gasteiger partial charge in [-0.05, 0) is 18.6 Å². The molecule has 1 fully saturated rings. The summed E-state index contributed by atoms with van der Waals surface area (Å²) in [4.78, 5) is 29.5. The van der Waals surface area contributed by atoms with Gasteiger partial charge in [-0.15, -0.1) is 0 Å². The lowest BCUT2D eigenvalue weighted by atomic mass is 10.1. The number of hydrogen-bond acceptors (Lipinski definition) is 3. The maximum absolute atomic E-state index is 12.3. The quantitative estimate of drug-likeness (QED) is 0.872. The smallest absolute Gasteiger partial charge is 0.273 e. The molecule has 1 saturated heterocycles. The summed E-state index contributed by atoms with van der Waals surface area (Å²) in [6.45, 7) is 2.85. The van der Waals surface area contributed by atoms with Crippen LogP contribution in [0.15, 0.2) is 18.3 Å². The van der Waals surface area contributed by atoms with E-state index in [1.54, 1.807) is 11.0 Å². The lowest BCUT2D eigenvalue weighted by molar-refractivity contribution is -0.127. The van der Waals surface area contributed by atoms with Gasteiger partial charge in [-0.1, -0.05) is 18.5 Å². The van der Waals surface area contributed by atoms with Gasteiger partial charge in [0.15, 0.2) is 0 Å². The SMILES string of the molecule is CCC1C(=O)NCCN1C(=O)c1cc(Cl)ccn1. The predicted molar refractivity (Wildman–Crippen MR) is 67.4 cm³/mol. The molecule has 2 heterocycles. The van der Waals surface area contributed by atoms with Gasteiger partial charge in [0, 0.05) is 24.3 Å². The maximum atomic E-state index is 12.3. The standard InChI is InChI=1S/C12H14ClN3O2/c1-2-10-11(17)15-5-6-16(10)12(18)9-7-8(13)3-4-14-9/h3-4,7,10H,2,5-6H2,1H3,(H,15,17). The third-order valence-corrected chi connectivity index (χ3v) is 3.15. The molecule has 18 heavy (non-hydrogen) atoms. The first-order valence-electron chi connectivity index (χ1n) is 5.83. The fraction of sp³-hybridized carbons (Fsp3) is 0.417. The Morgan fingerprint density at radius 2 is 2.44 bits per heavy atom. The van der Waals surface area contributed by atoms with Gasteiger partial charge in [-0.2, -0.15) is 0 Å². The van der Waals surface area contributed by atoms with Crippen molar-refractivity contribution in [2.24, 2.45) is 0 Å². The Morgan fingerprint density at radius 3 is 3.11 bits per heavy atom. The van der Waals surface area contributed by atoms with Crippen molar-refractivity contribution in [1.29, 1.82) is 0 Å². The third-order valence-electron chi connectivity index (χ3n) is 2.92. The van der Waals surface area contributed by atoms with Crippen molar-refractivity contribution in [3.8, 4) is 0 Å². The summed E-state index contributed by atoms with van der Waals surface area (Å²) in [5, 5.41) is 3.21. The van der Waals surface area contributed by atoms with Crippen LogP contribution in [-0.4, -0.2) is 40.8 Å². The van der Waals surface area contributed by atoms with Crippen molar-refractivity contribution in [3.05, 3.63) is 29.0 Å². The van der Waals surface area contributed by atoms with Crippen LogP contribution in [0.1, 0.15) is 23.8 Å². The van der Waals surface area contributed by atoms with Crippen LogP contribution in [0.25, 0.3) is 0 Å². The highest BCUT2D eigenvalue weighted by atomic mass is 35.5. The number of nitrogens with zero attached hydrogens (tertiary/aromatic N) is 2. The van der Waals surface area contributed by atoms with Crippen molar-refractivity contribution in [1.82, 2.24) is 15.2 Å². The molecule has 2 rings (SSSR count). The van der Waals surface area contributed by atoms with Crippen LogP contribution < -0.4 is 5.32 Å². The van der Waals surface area contributed by atoms with Gasteiger partial charge < -0.3 is 10.2 Å². The van der Waals surface area contributed by atoms with E-state index < -0.39 is 6.04 Å². The van der Waals surface area contributed by atoms with Crippen LogP contribution in [0.3, 0.4) is 0 Å². The van der Waals surface area contributed by atoms with Gasteiger partial charge in [-0.3, -0.25) is 14.6 Å². The Balaban J connectivity index is 2.24. The number of rotatable bonds is 2. The molecule has 0 spiro atoms. The number of piperazine rings is 1. The van der Waals surface area contributed by atoms with E-state index in [-0.39, 0.29) is 17.5 Å². The molecule has 1 atom stereocenters. The van der Waals surface area contributed by atoms with Gasteiger partial charge in [0.1, 0.15) is 11.7 Å². The molecule has 96 valence electrons. The molecule has 1 aliphatic rings. The van der Waals surface area contributed by atoms with Crippen molar-refractivity contribution in [2.45, 2.75) is 19.4 Å². The minimum atomic E-state index is -0.424. The zero-order valence-electron chi connectivity index (χ0n) is 10.0. The summed E-state index contributed by atoms with van der Waals surface area (Å²) in [6.07, 6.45) is 2.07. The van der Waals surface area contributed by atoms with Crippen LogP contribution in [0.2, 0.25) is 5.02 Å². The second kappa shape index (κ2) is 5.35. The molecular weight excluding hydrogens is 254 g/mol. The Labute approximate surface area is 110 Å². The van der Waals surface area contributed by atoms with Gasteiger partial charge in [0.05, 0.1) is 0 Å². The monoisotopic (exact) mass is 267 g/mol. The molecule has 0 aliphatic carbocycles. The molecule has 1 N–H and O–H groups in total. The van der Waals surface area contributed by atoms with Crippen LogP contribution in [0.5, 0.6) is 0 Å². The summed E-state index contributed by atoms with van der Waals surface area (Å²) in [7, 11) is 0. The van der Waals surface area contributed by atoms with E-state index in [9.17, 15) is 9.59 Å². The summed E-state index contributed by atoms with van der Waals surface area (Å²) in [6, 6.07) is 2.70. The zero-order valence-corrected chi connectivity index (χ0v) is 10.8. The second-order valence-corrected chi connectivity index (χ2v) is 4.51. The molecule has 2 amide bonds. The van der Waals surface area contributed by atoms with E-state index in [0.29, 0.717) is 24.5 Å². The highest BCUT2D eigenvalue weighted by molar-refractivity contribution is 6.30. The van der Waals surface area contributed by atoms with Crippen LogP contribution in [0, 0.1) is 0 Å². The third kappa shape index (κ3) is 2.46. The van der Waals surface area contributed by atoms with Crippen LogP contribution in [-0.2, 0) is 4.79 Å². The van der Waals surface area contributed by atoms with Gasteiger partial charge >= 0.3 is 0 Å². The largest absolute Gasteiger partial charge is 0.353 e. The van der Waals surface area contributed by atoms with E-state index in [2.05, 4.69) is 10.3 Å². The first-order chi connectivity index (χ1) is 8.63. The molecule has 0 radical (unpaired) electrons. The average molecular weight is 268 g/mol. The van der Waals surface area contributed by atoms with Crippen molar-refractivity contribution < 1.29 is 9.59 Å². The number of amides is 2. The number of hydrogen-bond donors (Lipinski definition) is 1. The minimum absolute atomic E-state index is 0.112. The first kappa shape index (κ1) is 12.8. The minimum Gasteiger partial charge on any atom is -0.353 e. The summed E-state index contributed by atoms with van der Waals surface area (Å²) in [5.41, 5.74) is 0.274. The van der Waals surface area contributed by atoms with E-state index in [1.807, 2.05) is 6.92 Å². The van der Waals surface area contributed by atoms with Crippen molar-refractivity contribution in [3.63, 3.8) is 0 Å². The maximum Gasteiger partial charge on any atom is 0.273 e. The van der Waals surface area contributed by atoms with Crippen molar-refractivity contribution >= 4 is 23.4 Å². The Morgan fingerprint density at radius 1 is 1.67 bits per heavy atom. The molecule has 1 aromatic heterocycles. The van der Waals surface area contributed by atoms with Gasteiger partial charge in [0.25, 0.3) is 5.91 Å². The van der Waals surface area contributed by atoms with Crippen LogP contribution in [0.4, 0.5) is 0 Å². The van der Waals surface area contributed by atoms with E-state index in [4.69, 9.17) is 11.6 Å². The second-order valence-electron chi connectivity index (χ2n) is 4.07. The molecule has 1 aromatic rings. The highest BCUT2D eigenvalue weighted by Gasteiger charge is 2.32. The Bertz CT molecular complexity index is 478. The number of nitrogens with one attached hydrogen (secondary N) is 1. The zero-order chi connectivity index (χ0) is 13.1. The first-order valence-corrected chi connectivity index (χ1v) is 6.21. The molecule has 0 bridgehead atoms. The molecule has 0 saturated carbocycles. The molecule has 5 nitrogen and oxygen atoms in total. The van der Waals surface area contributed by atoms with Crippen LogP contribution >= 0.6 is 11.6 Å². The number of carbonyl (C=O) groups is 2. The van der Waals surface area contributed by atoms with E-state index >= 15 is 0 Å². The molecule has 6 heteroatoms. The van der Waals surface area contributed by atoms with Crippen molar-refractivity contribution in [2.75, 3.05) is 13.1 Å². The topological polar surface area (TPSA) is 62.3 Å². The number of aromatic nitrogens is 1. The van der Waals surface area contributed by atoms with E-state index in [0.717, 1.165) is 0 Å². The lowest BCUT2D eigenvalue weighted by Gasteiger charge is -2.34. The highest BCUT2D eigenvalue weighted by Crippen LogP contribution is 2.15. The average Bonchev–Trinajstić information content (AvgIpc) is 2.37. The van der Waals surface area contributed by atoms with Gasteiger partial charge in [-0.25, -0.2) is 0 Å². The summed E-state index contributed by atoms with van der Waals surface area (Å²) >= 11 is 5.84. The Kier molecular flexibility index (Phi) is 3.81. The fourth-order valence-electron chi connectivity index (χ4n) is 2.03. The summed E-state index contributed by atoms with van der Waals surface area (Å²) < 4.78 is 0. The lowest BCUT2D eigenvalue weighted by Crippen LogP contribution is -2.57. The van der Waals surface area contributed by atoms with E-state index in [1.165, 1.54) is 12.3 Å². The molecule has 1 aliphatic heterocycles. The number of pyridine rings is 1. The normalized spacial score (nSPS) is 19.6. The fourth-order valence-corrected chi connectivity index (χ4v) is 2.19. The Hall–Kier alpha value is -1.62. The molecular formula is C12H14ClN3O2.